The maximum absolute atomic E-state index is 13.3. The number of carbonyl (C=O) groups excluding carboxylic acids is 3. The first-order valence-corrected chi connectivity index (χ1v) is 6.65. The lowest BCUT2D eigenvalue weighted by atomic mass is 10.2. The van der Waals surface area contributed by atoms with Crippen LogP contribution in [-0.4, -0.2) is 37.5 Å². The molecule has 0 radical (unpaired) electrons. The maximum Gasteiger partial charge on any atom is 0.331 e. The fourth-order valence-electron chi connectivity index (χ4n) is 1.44. The summed E-state index contributed by atoms with van der Waals surface area (Å²) in [6, 6.07) is 5.92. The summed E-state index contributed by atoms with van der Waals surface area (Å²) in [5.41, 5.74) is 0.236. The monoisotopic (exact) mass is 308 g/mol. The summed E-state index contributed by atoms with van der Waals surface area (Å²) < 4.78 is 18.0. The molecule has 2 amide bonds. The second kappa shape index (κ2) is 9.28. The van der Waals surface area contributed by atoms with Gasteiger partial charge in [-0.05, 0) is 19.1 Å². The fourth-order valence-corrected chi connectivity index (χ4v) is 1.44. The molecule has 0 heterocycles. The molecule has 1 aromatic rings. The van der Waals surface area contributed by atoms with Crippen molar-refractivity contribution >= 4 is 23.9 Å². The number of carbonyl (C=O) groups is 3. The Hall–Kier alpha value is -2.70. The Morgan fingerprint density at radius 1 is 1.18 bits per heavy atom. The first kappa shape index (κ1) is 17.4. The Balaban J connectivity index is 2.32. The van der Waals surface area contributed by atoms with Gasteiger partial charge in [-0.3, -0.25) is 9.59 Å². The Morgan fingerprint density at radius 2 is 1.91 bits per heavy atom. The van der Waals surface area contributed by atoms with E-state index in [2.05, 4.69) is 15.4 Å². The van der Waals surface area contributed by atoms with Crippen molar-refractivity contribution in [2.75, 3.05) is 19.7 Å². The number of rotatable bonds is 7. The topological polar surface area (TPSA) is 84.5 Å². The van der Waals surface area contributed by atoms with Gasteiger partial charge in [0.1, 0.15) is 5.82 Å². The number of amides is 2. The van der Waals surface area contributed by atoms with Crippen LogP contribution in [0.3, 0.4) is 0 Å². The number of ether oxygens (including phenoxy) is 1. The molecule has 6 nitrogen and oxygen atoms in total. The van der Waals surface area contributed by atoms with Crippen molar-refractivity contribution in [3.8, 4) is 0 Å². The molecule has 0 aliphatic rings. The van der Waals surface area contributed by atoms with Gasteiger partial charge in [0, 0.05) is 18.2 Å². The highest BCUT2D eigenvalue weighted by Gasteiger charge is 2.07. The standard InChI is InChI=1S/C15H17FN2O4/c1-2-17-13(19)9-18-14(20)10-22-15(21)8-7-11-5-3-4-6-12(11)16/h3-8H,2,9-10H2,1H3,(H,17,19)(H,18,20)/b8-7+. The van der Waals surface area contributed by atoms with E-state index in [-0.39, 0.29) is 18.0 Å². The van der Waals surface area contributed by atoms with Gasteiger partial charge in [0.2, 0.25) is 5.91 Å². The summed E-state index contributed by atoms with van der Waals surface area (Å²) in [5.74, 6) is -2.18. The normalized spacial score (nSPS) is 10.3. The fraction of sp³-hybridized carbons (Fsp3) is 0.267. The van der Waals surface area contributed by atoms with Gasteiger partial charge in [-0.2, -0.15) is 0 Å². The van der Waals surface area contributed by atoms with Crippen molar-refractivity contribution < 1.29 is 23.5 Å². The molecule has 118 valence electrons. The number of esters is 1. The van der Waals surface area contributed by atoms with E-state index in [0.29, 0.717) is 6.54 Å². The van der Waals surface area contributed by atoms with Crippen LogP contribution in [0.2, 0.25) is 0 Å². The van der Waals surface area contributed by atoms with Crippen molar-refractivity contribution in [3.63, 3.8) is 0 Å². The largest absolute Gasteiger partial charge is 0.452 e. The molecule has 0 aliphatic carbocycles. The highest BCUT2D eigenvalue weighted by Crippen LogP contribution is 2.07. The van der Waals surface area contributed by atoms with Crippen LogP contribution in [0.1, 0.15) is 12.5 Å². The minimum absolute atomic E-state index is 0.185. The molecule has 0 unspecified atom stereocenters. The number of benzene rings is 1. The lowest BCUT2D eigenvalue weighted by Crippen LogP contribution is -2.38. The number of hydrogen-bond donors (Lipinski definition) is 2. The van der Waals surface area contributed by atoms with Gasteiger partial charge < -0.3 is 15.4 Å². The first-order chi connectivity index (χ1) is 10.5. The van der Waals surface area contributed by atoms with Crippen LogP contribution in [0.5, 0.6) is 0 Å². The van der Waals surface area contributed by atoms with Gasteiger partial charge >= 0.3 is 5.97 Å². The summed E-state index contributed by atoms with van der Waals surface area (Å²) >= 11 is 0. The SMILES string of the molecule is CCNC(=O)CNC(=O)COC(=O)/C=C/c1ccccc1F. The molecule has 0 spiro atoms. The molecule has 0 saturated heterocycles. The molecule has 0 aliphatic heterocycles. The van der Waals surface area contributed by atoms with Gasteiger partial charge in [-0.25, -0.2) is 9.18 Å². The van der Waals surface area contributed by atoms with E-state index >= 15 is 0 Å². The summed E-state index contributed by atoms with van der Waals surface area (Å²) in [6.45, 7) is 1.52. The zero-order valence-corrected chi connectivity index (χ0v) is 12.1. The molecule has 0 fully saturated rings. The zero-order valence-electron chi connectivity index (χ0n) is 12.1. The summed E-state index contributed by atoms with van der Waals surface area (Å²) in [6.07, 6.45) is 2.28. The molecule has 1 aromatic carbocycles. The van der Waals surface area contributed by atoms with Gasteiger partial charge in [0.15, 0.2) is 6.61 Å². The number of likely N-dealkylation sites (N-methyl/N-ethyl adjacent to an activating group) is 1. The third-order valence-electron chi connectivity index (χ3n) is 2.47. The minimum atomic E-state index is -0.781. The van der Waals surface area contributed by atoms with E-state index in [0.717, 1.165) is 6.08 Å². The van der Waals surface area contributed by atoms with Gasteiger partial charge in [-0.15, -0.1) is 0 Å². The molecule has 2 N–H and O–H groups in total. The molecule has 7 heteroatoms. The average Bonchev–Trinajstić information content (AvgIpc) is 2.50. The Bertz CT molecular complexity index is 572. The van der Waals surface area contributed by atoms with Crippen LogP contribution < -0.4 is 10.6 Å². The first-order valence-electron chi connectivity index (χ1n) is 6.65. The van der Waals surface area contributed by atoms with Crippen LogP contribution in [0, 0.1) is 5.82 Å². The van der Waals surface area contributed by atoms with Crippen molar-refractivity contribution in [2.24, 2.45) is 0 Å². The summed E-state index contributed by atoms with van der Waals surface area (Å²) in [5, 5.41) is 4.79. The van der Waals surface area contributed by atoms with Crippen molar-refractivity contribution in [1.29, 1.82) is 0 Å². The van der Waals surface area contributed by atoms with E-state index in [1.165, 1.54) is 24.3 Å². The highest BCUT2D eigenvalue weighted by atomic mass is 19.1. The van der Waals surface area contributed by atoms with Crippen LogP contribution >= 0.6 is 0 Å². The van der Waals surface area contributed by atoms with E-state index in [1.807, 2.05) is 0 Å². The smallest absolute Gasteiger partial charge is 0.331 e. The number of nitrogens with one attached hydrogen (secondary N) is 2. The number of hydrogen-bond acceptors (Lipinski definition) is 4. The Morgan fingerprint density at radius 3 is 2.59 bits per heavy atom. The number of halogens is 1. The van der Waals surface area contributed by atoms with E-state index in [1.54, 1.807) is 13.0 Å². The lowest BCUT2D eigenvalue weighted by molar-refractivity contribution is -0.143. The van der Waals surface area contributed by atoms with Crippen molar-refractivity contribution in [1.82, 2.24) is 10.6 Å². The zero-order chi connectivity index (χ0) is 16.4. The van der Waals surface area contributed by atoms with Gasteiger partial charge in [0.25, 0.3) is 5.91 Å². The Kier molecular flexibility index (Phi) is 7.32. The third kappa shape index (κ3) is 6.65. The van der Waals surface area contributed by atoms with E-state index in [9.17, 15) is 18.8 Å². The molecule has 0 bridgehead atoms. The van der Waals surface area contributed by atoms with Crippen molar-refractivity contribution in [2.45, 2.75) is 6.92 Å². The Labute approximate surface area is 127 Å². The predicted octanol–water partition coefficient (Wildman–Crippen LogP) is 0.634. The van der Waals surface area contributed by atoms with E-state index in [4.69, 9.17) is 0 Å². The quantitative estimate of drug-likeness (QED) is 0.572. The second-order valence-corrected chi connectivity index (χ2v) is 4.19. The summed E-state index contributed by atoms with van der Waals surface area (Å²) in [4.78, 5) is 33.8. The minimum Gasteiger partial charge on any atom is -0.452 e. The molecule has 0 saturated carbocycles. The molecule has 1 rings (SSSR count). The van der Waals surface area contributed by atoms with Crippen LogP contribution in [0.4, 0.5) is 4.39 Å². The van der Waals surface area contributed by atoms with Gasteiger partial charge in [0.05, 0.1) is 6.54 Å². The average molecular weight is 308 g/mol. The van der Waals surface area contributed by atoms with Crippen LogP contribution in [0.15, 0.2) is 30.3 Å². The molecule has 0 aromatic heterocycles. The molecule has 0 atom stereocenters. The van der Waals surface area contributed by atoms with E-state index < -0.39 is 24.3 Å². The second-order valence-electron chi connectivity index (χ2n) is 4.19. The summed E-state index contributed by atoms with van der Waals surface area (Å²) in [7, 11) is 0. The van der Waals surface area contributed by atoms with Gasteiger partial charge in [-0.1, -0.05) is 18.2 Å². The lowest BCUT2D eigenvalue weighted by Gasteiger charge is -2.05. The highest BCUT2D eigenvalue weighted by molar-refractivity contribution is 5.90. The maximum atomic E-state index is 13.3. The van der Waals surface area contributed by atoms with Crippen molar-refractivity contribution in [3.05, 3.63) is 41.7 Å². The third-order valence-corrected chi connectivity index (χ3v) is 2.47. The molecular weight excluding hydrogens is 291 g/mol. The predicted molar refractivity (Wildman–Crippen MR) is 78.1 cm³/mol. The van der Waals surface area contributed by atoms with Crippen LogP contribution in [0.25, 0.3) is 6.08 Å². The molecular formula is C15H17FN2O4. The van der Waals surface area contributed by atoms with Crippen LogP contribution in [-0.2, 0) is 19.1 Å². The molecule has 22 heavy (non-hydrogen) atoms.